The van der Waals surface area contributed by atoms with Crippen LogP contribution in [0.3, 0.4) is 0 Å². The third-order valence-electron chi connectivity index (χ3n) is 2.78. The first-order valence-corrected chi connectivity index (χ1v) is 5.59. The van der Waals surface area contributed by atoms with Crippen molar-refractivity contribution in [1.82, 2.24) is 5.32 Å². The van der Waals surface area contributed by atoms with Gasteiger partial charge in [0.15, 0.2) is 0 Å². The molecule has 0 aromatic heterocycles. The van der Waals surface area contributed by atoms with Crippen molar-refractivity contribution in [2.75, 3.05) is 13.1 Å². The van der Waals surface area contributed by atoms with E-state index in [4.69, 9.17) is 0 Å². The number of aliphatic imine (C=N–C) groups is 1. The molecule has 1 N–H and O–H groups in total. The Balaban J connectivity index is 2.10. The minimum atomic E-state index is 0.752. The fourth-order valence-electron chi connectivity index (χ4n) is 1.97. The van der Waals surface area contributed by atoms with E-state index in [2.05, 4.69) is 17.0 Å². The highest BCUT2D eigenvalue weighted by Crippen LogP contribution is 2.12. The zero-order chi connectivity index (χ0) is 9.36. The molecule has 1 aliphatic heterocycles. The summed E-state index contributed by atoms with van der Waals surface area (Å²) in [6, 6.07) is 0.752. The molecule has 0 saturated carbocycles. The smallest absolute Gasteiger partial charge is 0.0382 e. The average Bonchev–Trinajstić information content (AvgIpc) is 2.08. The van der Waals surface area contributed by atoms with Crippen LogP contribution in [-0.4, -0.2) is 25.8 Å². The molecule has 1 saturated heterocycles. The zero-order valence-corrected chi connectivity index (χ0v) is 8.60. The minimum absolute atomic E-state index is 0.752. The fourth-order valence-corrected chi connectivity index (χ4v) is 1.97. The van der Waals surface area contributed by atoms with E-state index < -0.39 is 0 Å². The van der Waals surface area contributed by atoms with Gasteiger partial charge in [0.25, 0.3) is 0 Å². The van der Waals surface area contributed by atoms with E-state index in [9.17, 15) is 0 Å². The molecule has 0 aromatic rings. The summed E-state index contributed by atoms with van der Waals surface area (Å²) in [5.41, 5.74) is 0. The van der Waals surface area contributed by atoms with Crippen LogP contribution in [0, 0.1) is 0 Å². The topological polar surface area (TPSA) is 24.4 Å². The molecule has 1 heterocycles. The van der Waals surface area contributed by atoms with Crippen LogP contribution >= 0.6 is 0 Å². The Hall–Kier alpha value is -0.370. The Morgan fingerprint density at radius 1 is 1.23 bits per heavy atom. The van der Waals surface area contributed by atoms with Gasteiger partial charge in [0.2, 0.25) is 0 Å². The number of hydrogen-bond donors (Lipinski definition) is 1. The summed E-state index contributed by atoms with van der Waals surface area (Å²) in [5, 5.41) is 3.62. The van der Waals surface area contributed by atoms with Crippen LogP contribution in [-0.2, 0) is 0 Å². The van der Waals surface area contributed by atoms with Crippen molar-refractivity contribution >= 4 is 6.72 Å². The normalized spacial score (nSPS) is 24.8. The van der Waals surface area contributed by atoms with Gasteiger partial charge in [0, 0.05) is 12.6 Å². The first-order valence-electron chi connectivity index (χ1n) is 5.59. The lowest BCUT2D eigenvalue weighted by atomic mass is 10.0. The highest BCUT2D eigenvalue weighted by atomic mass is 14.9. The van der Waals surface area contributed by atoms with Crippen LogP contribution in [0.15, 0.2) is 4.99 Å². The second kappa shape index (κ2) is 7.07. The van der Waals surface area contributed by atoms with Gasteiger partial charge >= 0.3 is 0 Å². The van der Waals surface area contributed by atoms with Gasteiger partial charge in [-0.15, -0.1) is 0 Å². The molecule has 1 atom stereocenters. The molecule has 0 spiro atoms. The third kappa shape index (κ3) is 5.04. The lowest BCUT2D eigenvalue weighted by Crippen LogP contribution is -2.31. The predicted octanol–water partition coefficient (Wildman–Crippen LogP) is 2.39. The van der Waals surface area contributed by atoms with Gasteiger partial charge in [0.05, 0.1) is 0 Å². The molecule has 1 unspecified atom stereocenters. The summed E-state index contributed by atoms with van der Waals surface area (Å²) >= 11 is 0. The Morgan fingerprint density at radius 2 is 2.08 bits per heavy atom. The van der Waals surface area contributed by atoms with Crippen molar-refractivity contribution in [3.05, 3.63) is 0 Å². The van der Waals surface area contributed by atoms with Crippen molar-refractivity contribution in [3.8, 4) is 0 Å². The molecule has 76 valence electrons. The van der Waals surface area contributed by atoms with Gasteiger partial charge in [-0.05, 0) is 38.9 Å². The van der Waals surface area contributed by atoms with Crippen LogP contribution in [0.4, 0.5) is 0 Å². The first kappa shape index (κ1) is 10.7. The zero-order valence-electron chi connectivity index (χ0n) is 8.60. The Bertz CT molecular complexity index is 126. The van der Waals surface area contributed by atoms with E-state index in [0.717, 1.165) is 12.6 Å². The van der Waals surface area contributed by atoms with Gasteiger partial charge in [-0.2, -0.15) is 0 Å². The van der Waals surface area contributed by atoms with Crippen molar-refractivity contribution < 1.29 is 0 Å². The van der Waals surface area contributed by atoms with Gasteiger partial charge < -0.3 is 10.3 Å². The number of nitrogens with one attached hydrogen (secondary N) is 1. The third-order valence-corrected chi connectivity index (χ3v) is 2.78. The van der Waals surface area contributed by atoms with E-state index in [-0.39, 0.29) is 0 Å². The molecule has 0 bridgehead atoms. The molecule has 13 heavy (non-hydrogen) atoms. The monoisotopic (exact) mass is 182 g/mol. The molecule has 2 heteroatoms. The lowest BCUT2D eigenvalue weighted by molar-refractivity contribution is 0.393. The summed E-state index contributed by atoms with van der Waals surface area (Å²) < 4.78 is 0. The summed E-state index contributed by atoms with van der Waals surface area (Å²) in [5.74, 6) is 0. The van der Waals surface area contributed by atoms with Crippen LogP contribution in [0.1, 0.15) is 44.9 Å². The number of nitrogens with zero attached hydrogens (tertiary/aromatic N) is 1. The predicted molar refractivity (Wildman–Crippen MR) is 58.5 cm³/mol. The second-order valence-corrected chi connectivity index (χ2v) is 3.94. The van der Waals surface area contributed by atoms with Crippen LogP contribution in [0.25, 0.3) is 0 Å². The van der Waals surface area contributed by atoms with E-state index in [1.165, 1.54) is 51.5 Å². The van der Waals surface area contributed by atoms with Gasteiger partial charge in [-0.25, -0.2) is 0 Å². The molecule has 0 aromatic carbocycles. The minimum Gasteiger partial charge on any atom is -0.314 e. The van der Waals surface area contributed by atoms with Crippen LogP contribution < -0.4 is 5.32 Å². The number of hydrogen-bond acceptors (Lipinski definition) is 2. The first-order chi connectivity index (χ1) is 6.43. The van der Waals surface area contributed by atoms with Crippen LogP contribution in [0.2, 0.25) is 0 Å². The average molecular weight is 182 g/mol. The standard InChI is InChI=1S/C11H22N2/c1-12-9-6-8-11-7-4-2-3-5-10-13-11/h11,13H,1-10H2. The van der Waals surface area contributed by atoms with Crippen molar-refractivity contribution in [3.63, 3.8) is 0 Å². The Morgan fingerprint density at radius 3 is 2.92 bits per heavy atom. The van der Waals surface area contributed by atoms with Gasteiger partial charge in [0.1, 0.15) is 0 Å². The second-order valence-electron chi connectivity index (χ2n) is 3.94. The maximum Gasteiger partial charge on any atom is 0.0382 e. The molecule has 0 amide bonds. The number of rotatable bonds is 4. The largest absolute Gasteiger partial charge is 0.314 e. The Kier molecular flexibility index (Phi) is 5.83. The van der Waals surface area contributed by atoms with E-state index in [1.807, 2.05) is 0 Å². The van der Waals surface area contributed by atoms with E-state index in [1.54, 1.807) is 0 Å². The summed E-state index contributed by atoms with van der Waals surface area (Å²) in [4.78, 5) is 3.88. The molecular formula is C11H22N2. The highest BCUT2D eigenvalue weighted by Gasteiger charge is 2.09. The molecule has 1 aliphatic rings. The van der Waals surface area contributed by atoms with Crippen molar-refractivity contribution in [2.45, 2.75) is 51.0 Å². The Labute approximate surface area is 81.8 Å². The van der Waals surface area contributed by atoms with E-state index >= 15 is 0 Å². The molecule has 0 radical (unpaired) electrons. The maximum atomic E-state index is 3.88. The van der Waals surface area contributed by atoms with Gasteiger partial charge in [-0.1, -0.05) is 19.3 Å². The quantitative estimate of drug-likeness (QED) is 0.524. The van der Waals surface area contributed by atoms with Crippen molar-refractivity contribution in [2.24, 2.45) is 4.99 Å². The molecule has 1 fully saturated rings. The lowest BCUT2D eigenvalue weighted by Gasteiger charge is -2.20. The molecule has 0 aliphatic carbocycles. The molecular weight excluding hydrogens is 160 g/mol. The van der Waals surface area contributed by atoms with Crippen LogP contribution in [0.5, 0.6) is 0 Å². The fraction of sp³-hybridized carbons (Fsp3) is 0.909. The molecule has 1 rings (SSSR count). The van der Waals surface area contributed by atoms with E-state index in [0.29, 0.717) is 0 Å². The molecule has 2 nitrogen and oxygen atoms in total. The summed E-state index contributed by atoms with van der Waals surface area (Å²) in [6.07, 6.45) is 9.43. The summed E-state index contributed by atoms with van der Waals surface area (Å²) in [6.45, 7) is 5.65. The SMILES string of the molecule is C=NCCCC1CCCCCCN1. The van der Waals surface area contributed by atoms with Gasteiger partial charge in [-0.3, -0.25) is 0 Å². The maximum absolute atomic E-state index is 3.88. The highest BCUT2D eigenvalue weighted by molar-refractivity contribution is 5.22. The summed E-state index contributed by atoms with van der Waals surface area (Å²) in [7, 11) is 0. The van der Waals surface area contributed by atoms with Crippen molar-refractivity contribution in [1.29, 1.82) is 0 Å².